The highest BCUT2D eigenvalue weighted by Crippen LogP contribution is 2.15. The molecule has 1 fully saturated rings. The lowest BCUT2D eigenvalue weighted by atomic mass is 10.1. The fraction of sp³-hybridized carbons (Fsp3) is 0.381. The number of aryl methyl sites for hydroxylation is 1. The third-order valence-electron chi connectivity index (χ3n) is 4.84. The minimum Gasteiger partial charge on any atom is -0.337 e. The average Bonchev–Trinajstić information content (AvgIpc) is 2.88. The molecule has 0 saturated carbocycles. The molecule has 1 N–H and O–H groups in total. The number of nitrogens with zero attached hydrogens (tertiary/aromatic N) is 2. The Morgan fingerprint density at radius 2 is 1.64 bits per heavy atom. The van der Waals surface area contributed by atoms with Crippen LogP contribution in [0.25, 0.3) is 0 Å². The lowest BCUT2D eigenvalue weighted by molar-refractivity contribution is 0.0761. The molecule has 0 bridgehead atoms. The van der Waals surface area contributed by atoms with Crippen LogP contribution in [0.1, 0.15) is 27.9 Å². The maximum atomic E-state index is 12.8. The van der Waals surface area contributed by atoms with Crippen LogP contribution in [0, 0.1) is 6.92 Å². The van der Waals surface area contributed by atoms with Crippen molar-refractivity contribution < 1.29 is 13.2 Å². The van der Waals surface area contributed by atoms with E-state index >= 15 is 0 Å². The SMILES string of the molecule is Cc1ccc(CN2CCCN(C(=O)c3ccc(NS(C)(=O)=O)cc3)CC2)cc1. The molecule has 7 heteroatoms. The second kappa shape index (κ2) is 8.75. The molecule has 0 unspecified atom stereocenters. The van der Waals surface area contributed by atoms with Crippen LogP contribution in [0.5, 0.6) is 0 Å². The van der Waals surface area contributed by atoms with Crippen molar-refractivity contribution in [2.24, 2.45) is 0 Å². The van der Waals surface area contributed by atoms with Crippen LogP contribution in [0.4, 0.5) is 5.69 Å². The number of hydrogen-bond acceptors (Lipinski definition) is 4. The Labute approximate surface area is 167 Å². The lowest BCUT2D eigenvalue weighted by Gasteiger charge is -2.22. The first kappa shape index (κ1) is 20.4. The highest BCUT2D eigenvalue weighted by atomic mass is 32.2. The zero-order chi connectivity index (χ0) is 20.1. The smallest absolute Gasteiger partial charge is 0.253 e. The Morgan fingerprint density at radius 3 is 2.29 bits per heavy atom. The van der Waals surface area contributed by atoms with E-state index in [0.29, 0.717) is 17.8 Å². The van der Waals surface area contributed by atoms with Crippen LogP contribution in [-0.2, 0) is 16.6 Å². The number of anilines is 1. The van der Waals surface area contributed by atoms with Gasteiger partial charge in [0, 0.05) is 44.0 Å². The summed E-state index contributed by atoms with van der Waals surface area (Å²) in [6.45, 7) is 6.21. The molecule has 1 saturated heterocycles. The van der Waals surface area contributed by atoms with E-state index in [1.807, 2.05) is 4.90 Å². The number of carbonyl (C=O) groups is 1. The maximum absolute atomic E-state index is 12.8. The molecule has 1 heterocycles. The first-order valence-electron chi connectivity index (χ1n) is 9.45. The monoisotopic (exact) mass is 401 g/mol. The number of hydrogen-bond donors (Lipinski definition) is 1. The quantitative estimate of drug-likeness (QED) is 0.836. The number of amides is 1. The number of benzene rings is 2. The molecule has 1 aliphatic rings. The summed E-state index contributed by atoms with van der Waals surface area (Å²) in [5, 5.41) is 0. The third-order valence-corrected chi connectivity index (χ3v) is 5.44. The minimum absolute atomic E-state index is 0.0110. The summed E-state index contributed by atoms with van der Waals surface area (Å²) in [4.78, 5) is 17.1. The molecule has 0 aromatic heterocycles. The van der Waals surface area contributed by atoms with Gasteiger partial charge in [-0.1, -0.05) is 29.8 Å². The number of rotatable bonds is 5. The van der Waals surface area contributed by atoms with Crippen LogP contribution in [-0.4, -0.2) is 56.6 Å². The number of nitrogens with one attached hydrogen (secondary N) is 1. The van der Waals surface area contributed by atoms with Gasteiger partial charge in [0.25, 0.3) is 5.91 Å². The highest BCUT2D eigenvalue weighted by Gasteiger charge is 2.20. The van der Waals surface area contributed by atoms with Crippen LogP contribution in [0.2, 0.25) is 0 Å². The number of sulfonamides is 1. The number of carbonyl (C=O) groups excluding carboxylic acids is 1. The van der Waals surface area contributed by atoms with Gasteiger partial charge in [0.05, 0.1) is 6.26 Å². The van der Waals surface area contributed by atoms with Crippen molar-refractivity contribution in [2.75, 3.05) is 37.2 Å². The Bertz CT molecular complexity index is 909. The van der Waals surface area contributed by atoms with E-state index in [-0.39, 0.29) is 5.91 Å². The summed E-state index contributed by atoms with van der Waals surface area (Å²) in [7, 11) is -3.32. The first-order valence-corrected chi connectivity index (χ1v) is 11.3. The van der Waals surface area contributed by atoms with Crippen LogP contribution in [0.3, 0.4) is 0 Å². The Morgan fingerprint density at radius 1 is 0.964 bits per heavy atom. The van der Waals surface area contributed by atoms with Crippen LogP contribution in [0.15, 0.2) is 48.5 Å². The molecule has 0 spiro atoms. The van der Waals surface area contributed by atoms with Gasteiger partial charge < -0.3 is 4.90 Å². The van der Waals surface area contributed by atoms with Crippen molar-refractivity contribution in [1.82, 2.24) is 9.80 Å². The van der Waals surface area contributed by atoms with Crippen molar-refractivity contribution in [3.05, 3.63) is 65.2 Å². The van der Waals surface area contributed by atoms with Gasteiger partial charge in [-0.25, -0.2) is 8.42 Å². The third kappa shape index (κ3) is 5.81. The fourth-order valence-corrected chi connectivity index (χ4v) is 3.93. The van der Waals surface area contributed by atoms with E-state index in [1.54, 1.807) is 24.3 Å². The molecule has 6 nitrogen and oxygen atoms in total. The molecule has 0 radical (unpaired) electrons. The Kier molecular flexibility index (Phi) is 6.36. The van der Waals surface area contributed by atoms with Gasteiger partial charge in [0.2, 0.25) is 10.0 Å². The predicted octanol–water partition coefficient (Wildman–Crippen LogP) is 2.71. The van der Waals surface area contributed by atoms with Gasteiger partial charge in [0.15, 0.2) is 0 Å². The molecule has 28 heavy (non-hydrogen) atoms. The van der Waals surface area contributed by atoms with E-state index in [1.165, 1.54) is 11.1 Å². The zero-order valence-electron chi connectivity index (χ0n) is 16.4. The van der Waals surface area contributed by atoms with Crippen molar-refractivity contribution in [3.8, 4) is 0 Å². The van der Waals surface area contributed by atoms with Crippen molar-refractivity contribution >= 4 is 21.6 Å². The predicted molar refractivity (Wildman–Crippen MR) is 112 cm³/mol. The van der Waals surface area contributed by atoms with Crippen LogP contribution >= 0.6 is 0 Å². The van der Waals surface area contributed by atoms with E-state index in [0.717, 1.165) is 38.9 Å². The second-order valence-corrected chi connectivity index (χ2v) is 9.11. The molecule has 150 valence electrons. The van der Waals surface area contributed by atoms with Gasteiger partial charge in [0.1, 0.15) is 0 Å². The summed E-state index contributed by atoms with van der Waals surface area (Å²) in [5.41, 5.74) is 3.58. The normalized spacial score (nSPS) is 15.9. The summed E-state index contributed by atoms with van der Waals surface area (Å²) >= 11 is 0. The molecule has 0 atom stereocenters. The molecular formula is C21H27N3O3S. The fourth-order valence-electron chi connectivity index (χ4n) is 3.36. The standard InChI is InChI=1S/C21H27N3O3S/c1-17-4-6-18(7-5-17)16-23-12-3-13-24(15-14-23)21(25)19-8-10-20(11-9-19)22-28(2,26)27/h4-11,22H,3,12-16H2,1-2H3. The topological polar surface area (TPSA) is 69.7 Å². The van der Waals surface area contributed by atoms with Gasteiger partial charge in [-0.05, 0) is 43.2 Å². The van der Waals surface area contributed by atoms with Crippen LogP contribution < -0.4 is 4.72 Å². The molecule has 2 aromatic rings. The molecular weight excluding hydrogens is 374 g/mol. The maximum Gasteiger partial charge on any atom is 0.253 e. The lowest BCUT2D eigenvalue weighted by Crippen LogP contribution is -2.35. The molecule has 3 rings (SSSR count). The summed E-state index contributed by atoms with van der Waals surface area (Å²) < 4.78 is 25.0. The van der Waals surface area contributed by atoms with Crippen molar-refractivity contribution in [1.29, 1.82) is 0 Å². The van der Waals surface area contributed by atoms with E-state index in [9.17, 15) is 13.2 Å². The largest absolute Gasteiger partial charge is 0.337 e. The van der Waals surface area contributed by atoms with E-state index < -0.39 is 10.0 Å². The zero-order valence-corrected chi connectivity index (χ0v) is 17.2. The van der Waals surface area contributed by atoms with Crippen molar-refractivity contribution in [3.63, 3.8) is 0 Å². The van der Waals surface area contributed by atoms with Gasteiger partial charge in [-0.3, -0.25) is 14.4 Å². The highest BCUT2D eigenvalue weighted by molar-refractivity contribution is 7.92. The van der Waals surface area contributed by atoms with Gasteiger partial charge in [-0.2, -0.15) is 0 Å². The molecule has 1 amide bonds. The minimum atomic E-state index is -3.32. The second-order valence-electron chi connectivity index (χ2n) is 7.36. The molecule has 0 aliphatic carbocycles. The summed E-state index contributed by atoms with van der Waals surface area (Å²) in [5.74, 6) is -0.0110. The molecule has 1 aliphatic heterocycles. The van der Waals surface area contributed by atoms with Crippen molar-refractivity contribution in [2.45, 2.75) is 19.9 Å². The Balaban J connectivity index is 1.58. The first-order chi connectivity index (χ1) is 13.3. The van der Waals surface area contributed by atoms with Gasteiger partial charge >= 0.3 is 0 Å². The van der Waals surface area contributed by atoms with E-state index in [2.05, 4.69) is 40.8 Å². The van der Waals surface area contributed by atoms with Gasteiger partial charge in [-0.15, -0.1) is 0 Å². The molecule has 2 aromatic carbocycles. The average molecular weight is 402 g/mol. The summed E-state index contributed by atoms with van der Waals surface area (Å²) in [6, 6.07) is 15.2. The Hall–Kier alpha value is -2.38. The summed E-state index contributed by atoms with van der Waals surface area (Å²) in [6.07, 6.45) is 2.04. The van der Waals surface area contributed by atoms with E-state index in [4.69, 9.17) is 0 Å².